The summed E-state index contributed by atoms with van der Waals surface area (Å²) < 4.78 is 6.36. The van der Waals surface area contributed by atoms with Crippen molar-refractivity contribution in [3.05, 3.63) is 12.5 Å². The minimum absolute atomic E-state index is 0.227. The number of methoxy groups -OCH3 is 1. The maximum atomic E-state index is 11.2. The highest BCUT2D eigenvalue weighted by Gasteiger charge is 2.14. The summed E-state index contributed by atoms with van der Waals surface area (Å²) in [5, 5.41) is 5.07. The van der Waals surface area contributed by atoms with Gasteiger partial charge in [-0.2, -0.15) is 5.10 Å². The van der Waals surface area contributed by atoms with Crippen molar-refractivity contribution in [2.45, 2.75) is 13.3 Å². The second-order valence-electron chi connectivity index (χ2n) is 4.11. The highest BCUT2D eigenvalue weighted by Crippen LogP contribution is 2.21. The molecule has 2 rings (SSSR count). The molecular formula is C12H17N5O2. The van der Waals surface area contributed by atoms with Crippen molar-refractivity contribution in [1.82, 2.24) is 19.7 Å². The van der Waals surface area contributed by atoms with E-state index in [9.17, 15) is 4.79 Å². The fourth-order valence-corrected chi connectivity index (χ4v) is 1.94. The molecule has 0 fully saturated rings. The van der Waals surface area contributed by atoms with Gasteiger partial charge in [-0.15, -0.1) is 0 Å². The summed E-state index contributed by atoms with van der Waals surface area (Å²) in [5.41, 5.74) is 0.779. The molecule has 0 atom stereocenters. The lowest BCUT2D eigenvalue weighted by atomic mass is 10.3. The summed E-state index contributed by atoms with van der Waals surface area (Å²) in [5.74, 6) is 0.569. The van der Waals surface area contributed by atoms with Gasteiger partial charge in [-0.25, -0.2) is 9.97 Å². The third-order valence-electron chi connectivity index (χ3n) is 3.00. The summed E-state index contributed by atoms with van der Waals surface area (Å²) in [6.07, 6.45) is 3.59. The predicted molar refractivity (Wildman–Crippen MR) is 70.8 cm³/mol. The van der Waals surface area contributed by atoms with E-state index < -0.39 is 0 Å². The number of aromatic nitrogens is 4. The number of ether oxygens (including phenoxy) is 1. The first-order chi connectivity index (χ1) is 9.17. The normalized spacial score (nSPS) is 10.7. The van der Waals surface area contributed by atoms with Crippen LogP contribution in [0.5, 0.6) is 0 Å². The lowest BCUT2D eigenvalue weighted by Gasteiger charge is -2.21. The first-order valence-electron chi connectivity index (χ1n) is 6.11. The molecule has 0 unspecified atom stereocenters. The first kappa shape index (κ1) is 13.3. The van der Waals surface area contributed by atoms with E-state index in [1.165, 1.54) is 13.4 Å². The van der Waals surface area contributed by atoms with Gasteiger partial charge in [0.05, 0.1) is 25.1 Å². The third kappa shape index (κ3) is 2.64. The molecule has 2 aromatic rings. The molecule has 0 spiro atoms. The van der Waals surface area contributed by atoms with Crippen molar-refractivity contribution in [3.63, 3.8) is 0 Å². The van der Waals surface area contributed by atoms with Crippen molar-refractivity contribution >= 4 is 22.8 Å². The molecule has 2 aromatic heterocycles. The van der Waals surface area contributed by atoms with E-state index in [0.717, 1.165) is 23.4 Å². The van der Waals surface area contributed by atoms with E-state index >= 15 is 0 Å². The molecule has 102 valence electrons. The monoisotopic (exact) mass is 263 g/mol. The van der Waals surface area contributed by atoms with Crippen LogP contribution in [0.25, 0.3) is 11.0 Å². The number of esters is 1. The smallest absolute Gasteiger partial charge is 0.307 e. The van der Waals surface area contributed by atoms with Crippen LogP contribution in [0.2, 0.25) is 0 Å². The Labute approximate surface area is 111 Å². The molecule has 0 aliphatic heterocycles. The number of hydrogen-bond acceptors (Lipinski definition) is 6. The van der Waals surface area contributed by atoms with Crippen molar-refractivity contribution in [2.24, 2.45) is 7.05 Å². The van der Waals surface area contributed by atoms with Crippen LogP contribution in [0.3, 0.4) is 0 Å². The highest BCUT2D eigenvalue weighted by atomic mass is 16.5. The fraction of sp³-hybridized carbons (Fsp3) is 0.500. The minimum atomic E-state index is -0.227. The number of anilines is 1. The lowest BCUT2D eigenvalue weighted by molar-refractivity contribution is -0.140. The largest absolute Gasteiger partial charge is 0.469 e. The Morgan fingerprint density at radius 3 is 2.95 bits per heavy atom. The summed E-state index contributed by atoms with van der Waals surface area (Å²) in [6.45, 7) is 3.32. The zero-order valence-electron chi connectivity index (χ0n) is 11.3. The van der Waals surface area contributed by atoms with E-state index in [1.54, 1.807) is 10.9 Å². The van der Waals surface area contributed by atoms with Crippen molar-refractivity contribution in [3.8, 4) is 0 Å². The standard InChI is InChI=1S/C12H17N5O2/c1-4-17(6-5-10(18)19-3)12-9-7-15-16(2)11(9)13-8-14-12/h7-8H,4-6H2,1-3H3. The average Bonchev–Trinajstić information content (AvgIpc) is 2.82. The molecule has 0 bridgehead atoms. The Hall–Kier alpha value is -2.18. The number of fused-ring (bicyclic) bond motifs is 1. The molecule has 0 saturated heterocycles. The molecule has 0 aromatic carbocycles. The predicted octanol–water partition coefficient (Wildman–Crippen LogP) is 0.753. The topological polar surface area (TPSA) is 73.1 Å². The summed E-state index contributed by atoms with van der Waals surface area (Å²) >= 11 is 0. The van der Waals surface area contributed by atoms with Crippen LogP contribution in [-0.2, 0) is 16.6 Å². The SMILES string of the molecule is CCN(CCC(=O)OC)c1ncnc2c1cnn2C. The van der Waals surface area contributed by atoms with Crippen molar-refractivity contribution in [1.29, 1.82) is 0 Å². The molecular weight excluding hydrogens is 246 g/mol. The number of carbonyl (C=O) groups is 1. The van der Waals surface area contributed by atoms with E-state index in [0.29, 0.717) is 13.0 Å². The molecule has 0 saturated carbocycles. The third-order valence-corrected chi connectivity index (χ3v) is 3.00. The molecule has 2 heterocycles. The van der Waals surface area contributed by atoms with E-state index in [-0.39, 0.29) is 5.97 Å². The highest BCUT2D eigenvalue weighted by molar-refractivity contribution is 5.86. The van der Waals surface area contributed by atoms with E-state index in [4.69, 9.17) is 0 Å². The Balaban J connectivity index is 2.27. The summed E-state index contributed by atoms with van der Waals surface area (Å²) in [7, 11) is 3.23. The molecule has 0 amide bonds. The number of carbonyl (C=O) groups excluding carboxylic acids is 1. The molecule has 0 radical (unpaired) electrons. The van der Waals surface area contributed by atoms with Crippen LogP contribution in [0.15, 0.2) is 12.5 Å². The second kappa shape index (κ2) is 5.64. The van der Waals surface area contributed by atoms with Crippen LogP contribution in [-0.4, -0.2) is 45.9 Å². The van der Waals surface area contributed by atoms with Gasteiger partial charge < -0.3 is 9.64 Å². The Morgan fingerprint density at radius 2 is 2.26 bits per heavy atom. The second-order valence-corrected chi connectivity index (χ2v) is 4.11. The lowest BCUT2D eigenvalue weighted by Crippen LogP contribution is -2.27. The Morgan fingerprint density at radius 1 is 1.47 bits per heavy atom. The van der Waals surface area contributed by atoms with Gasteiger partial charge in [-0.05, 0) is 6.92 Å². The van der Waals surface area contributed by atoms with Crippen molar-refractivity contribution in [2.75, 3.05) is 25.1 Å². The molecule has 0 N–H and O–H groups in total. The van der Waals surface area contributed by atoms with Crippen LogP contribution < -0.4 is 4.90 Å². The van der Waals surface area contributed by atoms with Crippen LogP contribution in [0.1, 0.15) is 13.3 Å². The number of rotatable bonds is 5. The van der Waals surface area contributed by atoms with Gasteiger partial charge in [0.2, 0.25) is 0 Å². The summed E-state index contributed by atoms with van der Waals surface area (Å²) in [6, 6.07) is 0. The Kier molecular flexibility index (Phi) is 3.94. The molecule has 7 heteroatoms. The summed E-state index contributed by atoms with van der Waals surface area (Å²) in [4.78, 5) is 21.8. The van der Waals surface area contributed by atoms with E-state index in [2.05, 4.69) is 19.8 Å². The fourth-order valence-electron chi connectivity index (χ4n) is 1.94. The maximum Gasteiger partial charge on any atom is 0.307 e. The number of nitrogens with zero attached hydrogens (tertiary/aromatic N) is 5. The minimum Gasteiger partial charge on any atom is -0.469 e. The van der Waals surface area contributed by atoms with Gasteiger partial charge in [0.1, 0.15) is 12.1 Å². The van der Waals surface area contributed by atoms with Crippen LogP contribution >= 0.6 is 0 Å². The molecule has 7 nitrogen and oxygen atoms in total. The zero-order chi connectivity index (χ0) is 13.8. The van der Waals surface area contributed by atoms with E-state index in [1.807, 2.05) is 18.9 Å². The molecule has 0 aliphatic carbocycles. The molecule has 0 aliphatic rings. The number of aryl methyl sites for hydroxylation is 1. The van der Waals surface area contributed by atoms with Gasteiger partial charge in [-0.1, -0.05) is 0 Å². The van der Waals surface area contributed by atoms with Crippen LogP contribution in [0.4, 0.5) is 5.82 Å². The zero-order valence-corrected chi connectivity index (χ0v) is 11.3. The van der Waals surface area contributed by atoms with Gasteiger partial charge in [0, 0.05) is 20.1 Å². The van der Waals surface area contributed by atoms with Crippen molar-refractivity contribution < 1.29 is 9.53 Å². The van der Waals surface area contributed by atoms with Gasteiger partial charge in [-0.3, -0.25) is 9.48 Å². The first-order valence-corrected chi connectivity index (χ1v) is 6.11. The van der Waals surface area contributed by atoms with Gasteiger partial charge in [0.25, 0.3) is 0 Å². The maximum absolute atomic E-state index is 11.2. The number of hydrogen-bond donors (Lipinski definition) is 0. The quantitative estimate of drug-likeness (QED) is 0.741. The molecule has 19 heavy (non-hydrogen) atoms. The van der Waals surface area contributed by atoms with Gasteiger partial charge >= 0.3 is 5.97 Å². The average molecular weight is 263 g/mol. The van der Waals surface area contributed by atoms with Crippen LogP contribution in [0, 0.1) is 0 Å². The van der Waals surface area contributed by atoms with Gasteiger partial charge in [0.15, 0.2) is 5.65 Å². The Bertz CT molecular complexity index is 581.